The Morgan fingerprint density at radius 3 is 2.43 bits per heavy atom. The zero-order chi connectivity index (χ0) is 26.0. The Bertz CT molecular complexity index is 1320. The van der Waals surface area contributed by atoms with Gasteiger partial charge in [-0.2, -0.15) is 0 Å². The summed E-state index contributed by atoms with van der Waals surface area (Å²) in [5, 5.41) is 7.87. The summed E-state index contributed by atoms with van der Waals surface area (Å²) in [5.41, 5.74) is 3.26. The number of anilines is 2. The van der Waals surface area contributed by atoms with Gasteiger partial charge >= 0.3 is 0 Å². The Hall–Kier alpha value is -3.62. The van der Waals surface area contributed by atoms with Gasteiger partial charge in [0.15, 0.2) is 5.13 Å². The maximum absolute atomic E-state index is 13.5. The van der Waals surface area contributed by atoms with Gasteiger partial charge in [-0.15, -0.1) is 23.1 Å². The lowest BCUT2D eigenvalue weighted by Gasteiger charge is -2.16. The number of nitrogens with one attached hydrogen (secondary N) is 2. The van der Waals surface area contributed by atoms with E-state index in [0.717, 1.165) is 46.0 Å². The van der Waals surface area contributed by atoms with Crippen molar-refractivity contribution in [3.8, 4) is 17.0 Å². The molecule has 1 unspecified atom stereocenters. The molecule has 1 heterocycles. The zero-order valence-electron chi connectivity index (χ0n) is 20.8. The molecule has 0 fully saturated rings. The number of nitrogens with zero attached hydrogens (tertiary/aromatic N) is 1. The van der Waals surface area contributed by atoms with Gasteiger partial charge in [0, 0.05) is 27.9 Å². The zero-order valence-corrected chi connectivity index (χ0v) is 22.4. The number of para-hydroxylation sites is 1. The molecule has 3 aromatic carbocycles. The van der Waals surface area contributed by atoms with Gasteiger partial charge in [-0.25, -0.2) is 4.98 Å². The topological polar surface area (TPSA) is 80.3 Å². The average Bonchev–Trinajstić information content (AvgIpc) is 3.40. The van der Waals surface area contributed by atoms with E-state index in [1.807, 2.05) is 84.2 Å². The van der Waals surface area contributed by atoms with Gasteiger partial charge < -0.3 is 15.4 Å². The predicted octanol–water partition coefficient (Wildman–Crippen LogP) is 7.42. The third kappa shape index (κ3) is 7.21. The van der Waals surface area contributed by atoms with E-state index >= 15 is 0 Å². The third-order valence-electron chi connectivity index (χ3n) is 5.61. The van der Waals surface area contributed by atoms with Crippen LogP contribution in [-0.4, -0.2) is 23.9 Å². The van der Waals surface area contributed by atoms with E-state index in [0.29, 0.717) is 11.6 Å². The van der Waals surface area contributed by atoms with Gasteiger partial charge in [0.2, 0.25) is 11.8 Å². The molecule has 0 saturated carbocycles. The Labute approximate surface area is 225 Å². The highest BCUT2D eigenvalue weighted by molar-refractivity contribution is 8.00. The van der Waals surface area contributed by atoms with Crippen LogP contribution in [0, 0.1) is 0 Å². The molecule has 6 nitrogen and oxygen atoms in total. The van der Waals surface area contributed by atoms with Crippen LogP contribution >= 0.6 is 23.1 Å². The number of thiazole rings is 1. The summed E-state index contributed by atoms with van der Waals surface area (Å²) in [6.07, 6.45) is 2.36. The normalized spacial score (nSPS) is 11.5. The number of hydrogen-bond donors (Lipinski definition) is 2. The summed E-state index contributed by atoms with van der Waals surface area (Å²) in [4.78, 5) is 31.0. The molecular weight excluding hydrogens is 502 g/mol. The molecule has 0 saturated heterocycles. The monoisotopic (exact) mass is 531 g/mol. The van der Waals surface area contributed by atoms with Crippen molar-refractivity contribution in [2.45, 2.75) is 36.3 Å². The number of carbonyl (C=O) groups excluding carboxylic acids is 2. The fraction of sp³-hybridized carbons (Fsp3) is 0.207. The summed E-state index contributed by atoms with van der Waals surface area (Å²) in [6, 6.07) is 24.9. The van der Waals surface area contributed by atoms with Crippen molar-refractivity contribution in [1.82, 2.24) is 4.98 Å². The van der Waals surface area contributed by atoms with Crippen LogP contribution in [0.25, 0.3) is 11.3 Å². The lowest BCUT2D eigenvalue weighted by atomic mass is 10.1. The van der Waals surface area contributed by atoms with Crippen LogP contribution in [0.15, 0.2) is 89.1 Å². The minimum absolute atomic E-state index is 0.0136. The van der Waals surface area contributed by atoms with Crippen molar-refractivity contribution in [3.63, 3.8) is 0 Å². The Morgan fingerprint density at radius 2 is 1.70 bits per heavy atom. The molecule has 190 valence electrons. The van der Waals surface area contributed by atoms with Gasteiger partial charge in [-0.05, 0) is 48.4 Å². The number of methoxy groups -OCH3 is 1. The van der Waals surface area contributed by atoms with Crippen molar-refractivity contribution in [2.75, 3.05) is 17.7 Å². The van der Waals surface area contributed by atoms with Crippen LogP contribution < -0.4 is 15.4 Å². The Balaban J connectivity index is 1.48. The fourth-order valence-corrected chi connectivity index (χ4v) is 5.43. The van der Waals surface area contributed by atoms with Crippen LogP contribution in [0.5, 0.6) is 5.75 Å². The molecule has 0 spiro atoms. The second-order valence-corrected chi connectivity index (χ2v) is 10.3. The van der Waals surface area contributed by atoms with E-state index in [4.69, 9.17) is 4.74 Å². The molecule has 2 N–H and O–H groups in total. The first-order valence-electron chi connectivity index (χ1n) is 12.1. The first kappa shape index (κ1) is 26.4. The molecule has 0 aliphatic rings. The molecule has 8 heteroatoms. The van der Waals surface area contributed by atoms with Gasteiger partial charge in [0.05, 0.1) is 12.8 Å². The summed E-state index contributed by atoms with van der Waals surface area (Å²) in [6.45, 7) is 2.06. The number of ether oxygens (including phenoxy) is 1. The molecule has 37 heavy (non-hydrogen) atoms. The number of amides is 2. The maximum Gasteiger partial charge on any atom is 0.244 e. The molecule has 2 amide bonds. The number of aromatic nitrogens is 1. The summed E-state index contributed by atoms with van der Waals surface area (Å²) < 4.78 is 5.45. The molecule has 0 bridgehead atoms. The number of thioether (sulfide) groups is 1. The van der Waals surface area contributed by atoms with E-state index < -0.39 is 5.25 Å². The molecular formula is C29H29N3O3S2. The number of carbonyl (C=O) groups is 2. The first-order valence-corrected chi connectivity index (χ1v) is 13.8. The first-order chi connectivity index (χ1) is 18.1. The maximum atomic E-state index is 13.5. The van der Waals surface area contributed by atoms with Gasteiger partial charge in [-0.1, -0.05) is 55.8 Å². The van der Waals surface area contributed by atoms with E-state index in [-0.39, 0.29) is 11.8 Å². The largest absolute Gasteiger partial charge is 0.496 e. The van der Waals surface area contributed by atoms with Crippen LogP contribution in [-0.2, 0) is 9.59 Å². The summed E-state index contributed by atoms with van der Waals surface area (Å²) in [7, 11) is 1.63. The van der Waals surface area contributed by atoms with E-state index in [2.05, 4.69) is 22.5 Å². The van der Waals surface area contributed by atoms with Gasteiger partial charge in [0.1, 0.15) is 11.0 Å². The van der Waals surface area contributed by atoms with Crippen LogP contribution in [0.1, 0.15) is 37.0 Å². The van der Waals surface area contributed by atoms with Crippen molar-refractivity contribution in [2.24, 2.45) is 0 Å². The lowest BCUT2D eigenvalue weighted by molar-refractivity contribution is -0.116. The van der Waals surface area contributed by atoms with Gasteiger partial charge in [0.25, 0.3) is 0 Å². The third-order valence-corrected chi connectivity index (χ3v) is 7.63. The molecule has 1 atom stereocenters. The summed E-state index contributed by atoms with van der Waals surface area (Å²) >= 11 is 2.83. The number of unbranched alkanes of at least 4 members (excludes halogenated alkanes) is 1. The Kier molecular flexibility index (Phi) is 9.35. The molecule has 0 aliphatic heterocycles. The highest BCUT2D eigenvalue weighted by Crippen LogP contribution is 2.38. The van der Waals surface area contributed by atoms with Crippen LogP contribution in [0.4, 0.5) is 10.8 Å². The predicted molar refractivity (Wildman–Crippen MR) is 152 cm³/mol. The molecule has 4 aromatic rings. The minimum Gasteiger partial charge on any atom is -0.496 e. The second kappa shape index (κ2) is 13.1. The van der Waals surface area contributed by atoms with Crippen molar-refractivity contribution < 1.29 is 14.3 Å². The quantitative estimate of drug-likeness (QED) is 0.197. The number of rotatable bonds is 11. The SMILES string of the molecule is CCCCC(=O)Nc1ccc(SC(C(=O)Nc2nc(-c3ccccc3OC)cs2)c2ccccc2)cc1. The molecule has 0 aliphatic carbocycles. The lowest BCUT2D eigenvalue weighted by Crippen LogP contribution is -2.19. The van der Waals surface area contributed by atoms with E-state index in [1.165, 1.54) is 23.1 Å². The number of hydrogen-bond acceptors (Lipinski definition) is 6. The van der Waals surface area contributed by atoms with Crippen molar-refractivity contribution in [1.29, 1.82) is 0 Å². The fourth-order valence-electron chi connectivity index (χ4n) is 3.70. The number of benzene rings is 3. The molecule has 4 rings (SSSR count). The standard InChI is InChI=1S/C29H29N3O3S2/c1-3-4-14-26(33)30-21-15-17-22(18-16-21)37-27(20-10-6-5-7-11-20)28(34)32-29-31-24(19-36-29)23-12-8-9-13-25(23)35-2/h5-13,15-19,27H,3-4,14H2,1-2H3,(H,30,33)(H,31,32,34). The average molecular weight is 532 g/mol. The van der Waals surface area contributed by atoms with Crippen LogP contribution in [0.3, 0.4) is 0 Å². The van der Waals surface area contributed by atoms with Crippen LogP contribution in [0.2, 0.25) is 0 Å². The van der Waals surface area contributed by atoms with E-state index in [9.17, 15) is 9.59 Å². The smallest absolute Gasteiger partial charge is 0.244 e. The Morgan fingerprint density at radius 1 is 0.973 bits per heavy atom. The molecule has 1 aromatic heterocycles. The van der Waals surface area contributed by atoms with Gasteiger partial charge in [-0.3, -0.25) is 9.59 Å². The minimum atomic E-state index is -0.482. The van der Waals surface area contributed by atoms with E-state index in [1.54, 1.807) is 7.11 Å². The van der Waals surface area contributed by atoms with Crippen molar-refractivity contribution >= 4 is 45.7 Å². The highest BCUT2D eigenvalue weighted by Gasteiger charge is 2.23. The summed E-state index contributed by atoms with van der Waals surface area (Å²) in [5.74, 6) is 0.585. The molecule has 0 radical (unpaired) electrons. The van der Waals surface area contributed by atoms with Crippen molar-refractivity contribution in [3.05, 3.63) is 89.8 Å². The highest BCUT2D eigenvalue weighted by atomic mass is 32.2. The second-order valence-electron chi connectivity index (χ2n) is 8.31.